The number of hydrogen-bond acceptors (Lipinski definition) is 2. The van der Waals surface area contributed by atoms with E-state index in [0.29, 0.717) is 19.4 Å². The van der Waals surface area contributed by atoms with E-state index < -0.39 is 0 Å². The fourth-order valence-electron chi connectivity index (χ4n) is 3.33. The molecule has 4 nitrogen and oxygen atoms in total. The second-order valence-electron chi connectivity index (χ2n) is 8.52. The Morgan fingerprint density at radius 2 is 1.12 bits per heavy atom. The Balaban J connectivity index is 3.47. The van der Waals surface area contributed by atoms with E-state index in [4.69, 9.17) is 0 Å². The van der Waals surface area contributed by atoms with E-state index in [-0.39, 0.29) is 11.8 Å². The lowest BCUT2D eigenvalue weighted by Gasteiger charge is -2.04. The van der Waals surface area contributed by atoms with Crippen LogP contribution in [0.15, 0.2) is 48.6 Å². The van der Waals surface area contributed by atoms with Crippen molar-refractivity contribution in [3.8, 4) is 0 Å². The highest BCUT2D eigenvalue weighted by molar-refractivity contribution is 5.76. The molecule has 0 aliphatic heterocycles. The Hall–Kier alpha value is -2.10. The second kappa shape index (κ2) is 26.2. The van der Waals surface area contributed by atoms with Crippen LogP contribution >= 0.6 is 0 Å². The minimum Gasteiger partial charge on any atom is -0.359 e. The molecule has 0 radical (unpaired) electrons. The molecule has 0 spiro atoms. The van der Waals surface area contributed by atoms with Crippen molar-refractivity contribution < 1.29 is 9.59 Å². The van der Waals surface area contributed by atoms with Gasteiger partial charge in [0.1, 0.15) is 0 Å². The summed E-state index contributed by atoms with van der Waals surface area (Å²) in [5.74, 6) is 0.187. The van der Waals surface area contributed by atoms with Gasteiger partial charge in [0.05, 0.1) is 0 Å². The maximum atomic E-state index is 11.8. The Kier molecular flexibility index (Phi) is 24.5. The summed E-state index contributed by atoms with van der Waals surface area (Å²) in [5.41, 5.74) is 0. The summed E-state index contributed by atoms with van der Waals surface area (Å²) < 4.78 is 0. The molecule has 0 saturated heterocycles. The summed E-state index contributed by atoms with van der Waals surface area (Å²) in [7, 11) is 1.66. The molecule has 2 N–H and O–H groups in total. The van der Waals surface area contributed by atoms with Crippen LogP contribution in [0.3, 0.4) is 0 Å². The first-order valence-corrected chi connectivity index (χ1v) is 13.3. The molecule has 0 aliphatic rings. The van der Waals surface area contributed by atoms with E-state index in [1.807, 2.05) is 0 Å². The molecule has 0 aromatic rings. The minimum atomic E-state index is 0.0823. The molecule has 0 aliphatic carbocycles. The van der Waals surface area contributed by atoms with Gasteiger partial charge in [0.2, 0.25) is 11.8 Å². The molecule has 188 valence electrons. The number of unbranched alkanes of at least 4 members (excludes halogenated alkanes) is 8. The maximum Gasteiger partial charge on any atom is 0.220 e. The first-order valence-electron chi connectivity index (χ1n) is 13.3. The third kappa shape index (κ3) is 26.0. The van der Waals surface area contributed by atoms with Crippen molar-refractivity contribution in [1.29, 1.82) is 0 Å². The van der Waals surface area contributed by atoms with Gasteiger partial charge >= 0.3 is 0 Å². The zero-order valence-corrected chi connectivity index (χ0v) is 21.5. The number of amides is 2. The van der Waals surface area contributed by atoms with Gasteiger partial charge in [-0.3, -0.25) is 9.59 Å². The van der Waals surface area contributed by atoms with Crippen molar-refractivity contribution in [1.82, 2.24) is 10.6 Å². The zero-order valence-electron chi connectivity index (χ0n) is 21.5. The Bertz CT molecular complexity index is 576. The molecule has 33 heavy (non-hydrogen) atoms. The molecule has 0 aromatic carbocycles. The van der Waals surface area contributed by atoms with Crippen molar-refractivity contribution in [3.63, 3.8) is 0 Å². The van der Waals surface area contributed by atoms with E-state index in [0.717, 1.165) is 44.9 Å². The average Bonchev–Trinajstić information content (AvgIpc) is 2.82. The highest BCUT2D eigenvalue weighted by atomic mass is 16.2. The lowest BCUT2D eigenvalue weighted by molar-refractivity contribution is -0.121. The number of hydrogen-bond donors (Lipinski definition) is 2. The molecule has 0 fully saturated rings. The van der Waals surface area contributed by atoms with Gasteiger partial charge in [0.25, 0.3) is 0 Å². The van der Waals surface area contributed by atoms with Gasteiger partial charge in [0, 0.05) is 26.4 Å². The van der Waals surface area contributed by atoms with Gasteiger partial charge in [-0.1, -0.05) is 94.1 Å². The minimum absolute atomic E-state index is 0.0823. The van der Waals surface area contributed by atoms with Crippen LogP contribution < -0.4 is 10.6 Å². The van der Waals surface area contributed by atoms with E-state index in [9.17, 15) is 9.59 Å². The summed E-state index contributed by atoms with van der Waals surface area (Å²) in [6, 6.07) is 0. The summed E-state index contributed by atoms with van der Waals surface area (Å²) in [6.45, 7) is 2.96. The molecule has 0 bridgehead atoms. The summed E-state index contributed by atoms with van der Waals surface area (Å²) >= 11 is 0. The highest BCUT2D eigenvalue weighted by Crippen LogP contribution is 2.07. The standard InChI is InChI=1S/C29H50N2O2/c1-3-4-5-6-7-8-9-10-11-12-13-14-15-16-17-18-19-20-22-26-29(33)31-27-24-21-23-25-28(32)30-2/h10-11,13-14,16-17,19-20H,3-9,12,15,18,21-27H2,1-2H3,(H,30,32)(H,31,33)/b11-10-,14-13-,17-16-,20-19-. The first-order chi connectivity index (χ1) is 16.2. The quantitative estimate of drug-likeness (QED) is 0.132. The fraction of sp³-hybridized carbons (Fsp3) is 0.655. The van der Waals surface area contributed by atoms with Crippen molar-refractivity contribution in [2.75, 3.05) is 13.6 Å². The van der Waals surface area contributed by atoms with Gasteiger partial charge in [-0.15, -0.1) is 0 Å². The van der Waals surface area contributed by atoms with Crippen LogP contribution in [0.25, 0.3) is 0 Å². The zero-order chi connectivity index (χ0) is 24.2. The molecule has 0 rings (SSSR count). The fourth-order valence-corrected chi connectivity index (χ4v) is 3.33. The van der Waals surface area contributed by atoms with Gasteiger partial charge in [0.15, 0.2) is 0 Å². The molecular formula is C29H50N2O2. The highest BCUT2D eigenvalue weighted by Gasteiger charge is 2.00. The lowest BCUT2D eigenvalue weighted by Crippen LogP contribution is -2.24. The maximum absolute atomic E-state index is 11.8. The number of allylic oxidation sites excluding steroid dienone is 8. The predicted molar refractivity (Wildman–Crippen MR) is 143 cm³/mol. The Morgan fingerprint density at radius 1 is 0.576 bits per heavy atom. The van der Waals surface area contributed by atoms with Crippen LogP contribution in [0.4, 0.5) is 0 Å². The van der Waals surface area contributed by atoms with Gasteiger partial charge < -0.3 is 10.6 Å². The van der Waals surface area contributed by atoms with Crippen molar-refractivity contribution in [3.05, 3.63) is 48.6 Å². The molecule has 0 atom stereocenters. The van der Waals surface area contributed by atoms with E-state index in [2.05, 4.69) is 66.2 Å². The van der Waals surface area contributed by atoms with Crippen LogP contribution in [0, 0.1) is 0 Å². The number of carbonyl (C=O) groups is 2. The molecule has 0 heterocycles. The molecule has 0 unspecified atom stereocenters. The molecule has 0 saturated carbocycles. The number of rotatable bonds is 22. The summed E-state index contributed by atoms with van der Waals surface area (Å²) in [5, 5.41) is 5.56. The van der Waals surface area contributed by atoms with E-state index in [1.165, 1.54) is 44.9 Å². The molecule has 4 heteroatoms. The smallest absolute Gasteiger partial charge is 0.220 e. The van der Waals surface area contributed by atoms with Crippen molar-refractivity contribution in [2.24, 2.45) is 0 Å². The van der Waals surface area contributed by atoms with E-state index >= 15 is 0 Å². The Labute approximate surface area is 204 Å². The number of nitrogens with one attached hydrogen (secondary N) is 2. The van der Waals surface area contributed by atoms with Gasteiger partial charge in [-0.25, -0.2) is 0 Å². The third-order valence-corrected chi connectivity index (χ3v) is 5.43. The average molecular weight is 459 g/mol. The van der Waals surface area contributed by atoms with Gasteiger partial charge in [-0.05, 0) is 51.4 Å². The predicted octanol–water partition coefficient (Wildman–Crippen LogP) is 7.33. The lowest BCUT2D eigenvalue weighted by atomic mass is 10.1. The van der Waals surface area contributed by atoms with Crippen molar-refractivity contribution >= 4 is 11.8 Å². The van der Waals surface area contributed by atoms with Crippen LogP contribution in [0.1, 0.15) is 110 Å². The summed E-state index contributed by atoms with van der Waals surface area (Å²) in [6.07, 6.45) is 34.6. The van der Waals surface area contributed by atoms with Crippen LogP contribution in [-0.2, 0) is 9.59 Å². The SMILES string of the molecule is CCCCCCCC/C=C\C/C=C\C/C=C\C/C=C\CCC(=O)NCCCCCC(=O)NC. The second-order valence-corrected chi connectivity index (χ2v) is 8.52. The topological polar surface area (TPSA) is 58.2 Å². The van der Waals surface area contributed by atoms with Crippen LogP contribution in [-0.4, -0.2) is 25.4 Å². The Morgan fingerprint density at radius 3 is 1.76 bits per heavy atom. The van der Waals surface area contributed by atoms with Crippen LogP contribution in [0.2, 0.25) is 0 Å². The van der Waals surface area contributed by atoms with Crippen LogP contribution in [0.5, 0.6) is 0 Å². The third-order valence-electron chi connectivity index (χ3n) is 5.43. The van der Waals surface area contributed by atoms with Crippen molar-refractivity contribution in [2.45, 2.75) is 110 Å². The molecule has 2 amide bonds. The largest absolute Gasteiger partial charge is 0.359 e. The molecular weight excluding hydrogens is 408 g/mol. The van der Waals surface area contributed by atoms with E-state index in [1.54, 1.807) is 7.05 Å². The monoisotopic (exact) mass is 458 g/mol. The first kappa shape index (κ1) is 30.9. The van der Waals surface area contributed by atoms with Gasteiger partial charge in [-0.2, -0.15) is 0 Å². The normalized spacial score (nSPS) is 11.9. The number of carbonyl (C=O) groups excluding carboxylic acids is 2. The summed E-state index contributed by atoms with van der Waals surface area (Å²) in [4.78, 5) is 22.9. The molecule has 0 aromatic heterocycles.